The first-order chi connectivity index (χ1) is 4.14. The Labute approximate surface area is 65.6 Å². The molecule has 1 N–H and O–H groups in total. The van der Waals surface area contributed by atoms with Gasteiger partial charge in [0.15, 0.2) is 0 Å². The van der Waals surface area contributed by atoms with E-state index in [1.54, 1.807) is 7.05 Å². The smallest absolute Gasteiger partial charge is 0.248 e. The predicted molar refractivity (Wildman–Crippen MR) is 38.8 cm³/mol. The molecule has 1 saturated carbocycles. The van der Waals surface area contributed by atoms with Crippen LogP contribution in [-0.4, -0.2) is 19.5 Å². The number of alkyl halides is 2. The molecule has 1 rings (SSSR count). The predicted octanol–water partition coefficient (Wildman–Crippen LogP) is 1.67. The molecule has 0 saturated heterocycles. The maximum Gasteiger partial charge on any atom is 0.248 e. The van der Waals surface area contributed by atoms with Crippen molar-refractivity contribution in [3.05, 3.63) is 0 Å². The van der Waals surface area contributed by atoms with Crippen molar-refractivity contribution in [3.63, 3.8) is 0 Å². The van der Waals surface area contributed by atoms with E-state index >= 15 is 0 Å². The lowest BCUT2D eigenvalue weighted by Crippen LogP contribution is -2.40. The van der Waals surface area contributed by atoms with Gasteiger partial charge in [0.05, 0.1) is 0 Å². The standard InChI is InChI=1S/C6H11F2N.ClH/c1-9-4-5-2-6(7,8)3-5;/h5,9H,2-4H2,1H3;1H. The first-order valence-corrected chi connectivity index (χ1v) is 3.16. The molecule has 1 nitrogen and oxygen atoms in total. The van der Waals surface area contributed by atoms with Gasteiger partial charge in [-0.2, -0.15) is 0 Å². The van der Waals surface area contributed by atoms with Crippen LogP contribution in [-0.2, 0) is 0 Å². The number of halogens is 3. The Morgan fingerprint density at radius 1 is 1.50 bits per heavy atom. The first kappa shape index (κ1) is 10.1. The molecule has 0 aliphatic heterocycles. The molecule has 62 valence electrons. The van der Waals surface area contributed by atoms with Crippen molar-refractivity contribution < 1.29 is 8.78 Å². The zero-order valence-electron chi connectivity index (χ0n) is 5.86. The number of rotatable bonds is 2. The third-order valence-corrected chi connectivity index (χ3v) is 1.67. The van der Waals surface area contributed by atoms with Crippen LogP contribution in [0.1, 0.15) is 12.8 Å². The molecule has 0 bridgehead atoms. The van der Waals surface area contributed by atoms with Gasteiger partial charge in [0.1, 0.15) is 0 Å². The zero-order chi connectivity index (χ0) is 6.91. The van der Waals surface area contributed by atoms with Gasteiger partial charge in [0, 0.05) is 12.8 Å². The van der Waals surface area contributed by atoms with E-state index in [0.29, 0.717) is 0 Å². The summed E-state index contributed by atoms with van der Waals surface area (Å²) in [7, 11) is 1.79. The average molecular weight is 172 g/mol. The number of nitrogens with one attached hydrogen (secondary N) is 1. The highest BCUT2D eigenvalue weighted by molar-refractivity contribution is 5.85. The van der Waals surface area contributed by atoms with Crippen molar-refractivity contribution in [1.82, 2.24) is 5.32 Å². The largest absolute Gasteiger partial charge is 0.319 e. The van der Waals surface area contributed by atoms with Crippen LogP contribution in [0, 0.1) is 5.92 Å². The fourth-order valence-electron chi connectivity index (χ4n) is 1.22. The summed E-state index contributed by atoms with van der Waals surface area (Å²) < 4.78 is 24.2. The summed E-state index contributed by atoms with van der Waals surface area (Å²) in [6.07, 6.45) is 0.154. The third kappa shape index (κ3) is 2.39. The zero-order valence-corrected chi connectivity index (χ0v) is 6.68. The summed E-state index contributed by atoms with van der Waals surface area (Å²) in [5, 5.41) is 2.87. The van der Waals surface area contributed by atoms with E-state index in [4.69, 9.17) is 0 Å². The van der Waals surface area contributed by atoms with Crippen LogP contribution in [0.25, 0.3) is 0 Å². The second-order valence-electron chi connectivity index (χ2n) is 2.69. The van der Waals surface area contributed by atoms with E-state index in [0.717, 1.165) is 6.54 Å². The lowest BCUT2D eigenvalue weighted by Gasteiger charge is -2.34. The van der Waals surface area contributed by atoms with Crippen LogP contribution < -0.4 is 5.32 Å². The van der Waals surface area contributed by atoms with Crippen molar-refractivity contribution in [2.24, 2.45) is 5.92 Å². The molecule has 4 heteroatoms. The number of hydrogen-bond acceptors (Lipinski definition) is 1. The van der Waals surface area contributed by atoms with E-state index in [2.05, 4.69) is 5.32 Å². The summed E-state index contributed by atoms with van der Waals surface area (Å²) in [6.45, 7) is 0.732. The Morgan fingerprint density at radius 2 is 2.00 bits per heavy atom. The summed E-state index contributed by atoms with van der Waals surface area (Å²) in [6, 6.07) is 0. The highest BCUT2D eigenvalue weighted by atomic mass is 35.5. The van der Waals surface area contributed by atoms with Gasteiger partial charge < -0.3 is 5.32 Å². The van der Waals surface area contributed by atoms with Crippen LogP contribution in [0.2, 0.25) is 0 Å². The van der Waals surface area contributed by atoms with E-state index < -0.39 is 5.92 Å². The molecule has 0 atom stereocenters. The molecular formula is C6H12ClF2N. The Kier molecular flexibility index (Phi) is 3.52. The second kappa shape index (κ2) is 3.49. The van der Waals surface area contributed by atoms with Crippen molar-refractivity contribution in [3.8, 4) is 0 Å². The maximum atomic E-state index is 12.1. The fourth-order valence-corrected chi connectivity index (χ4v) is 1.22. The number of hydrogen-bond donors (Lipinski definition) is 1. The lowest BCUT2D eigenvalue weighted by atomic mass is 9.81. The second-order valence-corrected chi connectivity index (χ2v) is 2.69. The summed E-state index contributed by atoms with van der Waals surface area (Å²) in [4.78, 5) is 0. The van der Waals surface area contributed by atoms with Gasteiger partial charge in [-0.15, -0.1) is 12.4 Å². The van der Waals surface area contributed by atoms with Crippen molar-refractivity contribution in [2.75, 3.05) is 13.6 Å². The topological polar surface area (TPSA) is 12.0 Å². The monoisotopic (exact) mass is 171 g/mol. The molecule has 0 radical (unpaired) electrons. The molecule has 1 aliphatic carbocycles. The highest BCUT2D eigenvalue weighted by Crippen LogP contribution is 2.41. The minimum atomic E-state index is -2.35. The highest BCUT2D eigenvalue weighted by Gasteiger charge is 2.44. The van der Waals surface area contributed by atoms with Gasteiger partial charge in [0.25, 0.3) is 0 Å². The van der Waals surface area contributed by atoms with Crippen LogP contribution >= 0.6 is 12.4 Å². The van der Waals surface area contributed by atoms with Crippen molar-refractivity contribution in [1.29, 1.82) is 0 Å². The molecule has 0 amide bonds. The van der Waals surface area contributed by atoms with E-state index in [-0.39, 0.29) is 31.2 Å². The molecule has 0 heterocycles. The average Bonchev–Trinajstić information content (AvgIpc) is 1.62. The summed E-state index contributed by atoms with van der Waals surface area (Å²) in [5.41, 5.74) is 0. The molecule has 1 aliphatic rings. The lowest BCUT2D eigenvalue weighted by molar-refractivity contribution is -0.108. The van der Waals surface area contributed by atoms with Crippen LogP contribution in [0.15, 0.2) is 0 Å². The maximum absolute atomic E-state index is 12.1. The normalized spacial score (nSPS) is 23.1. The van der Waals surface area contributed by atoms with Crippen molar-refractivity contribution in [2.45, 2.75) is 18.8 Å². The third-order valence-electron chi connectivity index (χ3n) is 1.67. The van der Waals surface area contributed by atoms with Gasteiger partial charge in [0.2, 0.25) is 5.92 Å². The van der Waals surface area contributed by atoms with E-state index in [9.17, 15) is 8.78 Å². The molecule has 10 heavy (non-hydrogen) atoms. The van der Waals surface area contributed by atoms with Crippen LogP contribution in [0.3, 0.4) is 0 Å². The molecular weight excluding hydrogens is 160 g/mol. The van der Waals surface area contributed by atoms with Gasteiger partial charge in [-0.25, -0.2) is 8.78 Å². The summed E-state index contributed by atoms with van der Waals surface area (Å²) in [5.74, 6) is -2.13. The fraction of sp³-hybridized carbons (Fsp3) is 1.00. The Bertz CT molecular complexity index is 99.9. The minimum absolute atomic E-state index is 0. The van der Waals surface area contributed by atoms with E-state index in [1.165, 1.54) is 0 Å². The van der Waals surface area contributed by atoms with Gasteiger partial charge >= 0.3 is 0 Å². The Morgan fingerprint density at radius 3 is 2.30 bits per heavy atom. The van der Waals surface area contributed by atoms with Crippen LogP contribution in [0.5, 0.6) is 0 Å². The summed E-state index contributed by atoms with van der Waals surface area (Å²) >= 11 is 0. The molecule has 0 spiro atoms. The van der Waals surface area contributed by atoms with Crippen molar-refractivity contribution >= 4 is 12.4 Å². The Balaban J connectivity index is 0.000000810. The van der Waals surface area contributed by atoms with Gasteiger partial charge in [-0.05, 0) is 19.5 Å². The molecule has 0 aromatic carbocycles. The first-order valence-electron chi connectivity index (χ1n) is 3.16. The molecule has 1 fully saturated rings. The molecule has 0 unspecified atom stereocenters. The van der Waals surface area contributed by atoms with E-state index in [1.807, 2.05) is 0 Å². The molecule has 0 aromatic heterocycles. The Hall–Kier alpha value is 0.110. The van der Waals surface area contributed by atoms with Gasteiger partial charge in [-0.3, -0.25) is 0 Å². The van der Waals surface area contributed by atoms with Crippen LogP contribution in [0.4, 0.5) is 8.78 Å². The minimum Gasteiger partial charge on any atom is -0.319 e. The quantitative estimate of drug-likeness (QED) is 0.667. The van der Waals surface area contributed by atoms with Gasteiger partial charge in [-0.1, -0.05) is 0 Å². The SMILES string of the molecule is CNCC1CC(F)(F)C1.Cl. The molecule has 0 aromatic rings.